The Hall–Kier alpha value is -4.32. The third-order valence-corrected chi connectivity index (χ3v) is 5.97. The molecular formula is C26H27FN6O2. The first-order chi connectivity index (χ1) is 16.9. The van der Waals surface area contributed by atoms with Crippen LogP contribution in [-0.4, -0.2) is 35.8 Å². The van der Waals surface area contributed by atoms with Crippen molar-refractivity contribution < 1.29 is 13.9 Å². The number of benzene rings is 2. The van der Waals surface area contributed by atoms with Crippen LogP contribution in [0, 0.1) is 17.1 Å². The van der Waals surface area contributed by atoms with Gasteiger partial charge in [0.2, 0.25) is 0 Å². The van der Waals surface area contributed by atoms with Crippen molar-refractivity contribution in [3.05, 3.63) is 65.2 Å². The summed E-state index contributed by atoms with van der Waals surface area (Å²) >= 11 is 0. The zero-order chi connectivity index (χ0) is 25.1. The molecule has 1 N–H and O–H groups in total. The summed E-state index contributed by atoms with van der Waals surface area (Å²) in [5, 5.41) is 12.6. The highest BCUT2D eigenvalue weighted by Crippen LogP contribution is 2.34. The second-order valence-corrected chi connectivity index (χ2v) is 8.07. The Morgan fingerprint density at radius 1 is 1.14 bits per heavy atom. The lowest BCUT2D eigenvalue weighted by atomic mass is 10.1. The fourth-order valence-corrected chi connectivity index (χ4v) is 4.07. The van der Waals surface area contributed by atoms with E-state index in [0.717, 1.165) is 16.6 Å². The van der Waals surface area contributed by atoms with E-state index in [1.807, 2.05) is 48.9 Å². The Morgan fingerprint density at radius 2 is 1.94 bits per heavy atom. The van der Waals surface area contributed by atoms with Crippen LogP contribution in [0.15, 0.2) is 42.7 Å². The molecule has 9 heteroatoms. The topological polar surface area (TPSA) is 88.2 Å². The van der Waals surface area contributed by atoms with E-state index in [0.29, 0.717) is 52.9 Å². The molecule has 180 valence electrons. The normalized spacial score (nSPS) is 10.8. The average Bonchev–Trinajstić information content (AvgIpc) is 3.26. The molecule has 0 aliphatic heterocycles. The van der Waals surface area contributed by atoms with E-state index in [2.05, 4.69) is 10.3 Å². The summed E-state index contributed by atoms with van der Waals surface area (Å²) in [7, 11) is 6.89. The van der Waals surface area contributed by atoms with Gasteiger partial charge in [0, 0.05) is 38.3 Å². The Bertz CT molecular complexity index is 1430. The predicted octanol–water partition coefficient (Wildman–Crippen LogP) is 4.94. The molecule has 4 rings (SSSR count). The molecule has 8 nitrogen and oxygen atoms in total. The number of pyridine rings is 1. The van der Waals surface area contributed by atoms with Crippen LogP contribution in [0.2, 0.25) is 0 Å². The lowest BCUT2D eigenvalue weighted by molar-refractivity contribution is 0.391. The molecule has 0 aliphatic carbocycles. The van der Waals surface area contributed by atoms with Gasteiger partial charge in [0.15, 0.2) is 5.82 Å². The number of hydrogen-bond donors (Lipinski definition) is 1. The number of fused-ring (bicyclic) bond motifs is 1. The molecule has 2 aromatic carbocycles. The zero-order valence-corrected chi connectivity index (χ0v) is 20.4. The first kappa shape index (κ1) is 23.8. The molecule has 0 bridgehead atoms. The van der Waals surface area contributed by atoms with E-state index < -0.39 is 5.82 Å². The molecule has 0 fully saturated rings. The van der Waals surface area contributed by atoms with Gasteiger partial charge in [-0.2, -0.15) is 5.26 Å². The lowest BCUT2D eigenvalue weighted by Crippen LogP contribution is -2.16. The highest BCUT2D eigenvalue weighted by atomic mass is 19.1. The largest absolute Gasteiger partial charge is 0.497 e. The molecule has 0 atom stereocenters. The Balaban J connectivity index is 1.75. The molecular weight excluding hydrogens is 447 g/mol. The molecule has 2 heterocycles. The second-order valence-electron chi connectivity index (χ2n) is 8.07. The van der Waals surface area contributed by atoms with Crippen molar-refractivity contribution in [2.24, 2.45) is 7.05 Å². The number of rotatable bonds is 8. The van der Waals surface area contributed by atoms with Crippen molar-refractivity contribution in [1.29, 1.82) is 5.26 Å². The number of methoxy groups -OCH3 is 2. The first-order valence-electron chi connectivity index (χ1n) is 11.1. The SMILES string of the molecule is CCc1cc(C#N)cc(F)c1N(C)c1cc2c(ncn2C)c(NCc2ccc(OC)cc2OC)n1. The second kappa shape index (κ2) is 9.89. The van der Waals surface area contributed by atoms with Crippen molar-refractivity contribution >= 4 is 28.4 Å². The molecule has 35 heavy (non-hydrogen) atoms. The molecule has 0 amide bonds. The fourth-order valence-electron chi connectivity index (χ4n) is 4.07. The van der Waals surface area contributed by atoms with Crippen molar-refractivity contribution in [1.82, 2.24) is 14.5 Å². The summed E-state index contributed by atoms with van der Waals surface area (Å²) in [4.78, 5) is 11.0. The van der Waals surface area contributed by atoms with Crippen LogP contribution in [0.5, 0.6) is 11.5 Å². The number of ether oxygens (including phenoxy) is 2. The molecule has 0 unspecified atom stereocenters. The Kier molecular flexibility index (Phi) is 6.73. The van der Waals surface area contributed by atoms with Crippen molar-refractivity contribution in [2.45, 2.75) is 19.9 Å². The highest BCUT2D eigenvalue weighted by Gasteiger charge is 2.20. The predicted molar refractivity (Wildman–Crippen MR) is 134 cm³/mol. The average molecular weight is 475 g/mol. The molecule has 4 aromatic rings. The number of nitrogens with one attached hydrogen (secondary N) is 1. The van der Waals surface area contributed by atoms with Gasteiger partial charge in [0.1, 0.15) is 28.7 Å². The van der Waals surface area contributed by atoms with Gasteiger partial charge in [0.25, 0.3) is 0 Å². The quantitative estimate of drug-likeness (QED) is 0.387. The number of aromatic nitrogens is 3. The maximum absolute atomic E-state index is 15.1. The van der Waals surface area contributed by atoms with Gasteiger partial charge < -0.3 is 24.3 Å². The van der Waals surface area contributed by atoms with E-state index in [4.69, 9.17) is 14.5 Å². The van der Waals surface area contributed by atoms with Crippen LogP contribution >= 0.6 is 0 Å². The third kappa shape index (κ3) is 4.55. The van der Waals surface area contributed by atoms with E-state index >= 15 is 4.39 Å². The van der Waals surface area contributed by atoms with Gasteiger partial charge >= 0.3 is 0 Å². The van der Waals surface area contributed by atoms with E-state index in [-0.39, 0.29) is 0 Å². The van der Waals surface area contributed by atoms with Crippen LogP contribution in [0.25, 0.3) is 11.0 Å². The highest BCUT2D eigenvalue weighted by molar-refractivity contribution is 5.89. The molecule has 0 radical (unpaired) electrons. The number of hydrogen-bond acceptors (Lipinski definition) is 7. The molecule has 2 aromatic heterocycles. The molecule has 0 spiro atoms. The van der Waals surface area contributed by atoms with Gasteiger partial charge in [-0.25, -0.2) is 14.4 Å². The van der Waals surface area contributed by atoms with Crippen LogP contribution in [0.4, 0.5) is 21.7 Å². The van der Waals surface area contributed by atoms with Crippen LogP contribution in [-0.2, 0) is 20.0 Å². The summed E-state index contributed by atoms with van der Waals surface area (Å²) in [6.45, 7) is 2.37. The van der Waals surface area contributed by atoms with Gasteiger partial charge in [-0.3, -0.25) is 0 Å². The molecule has 0 saturated heterocycles. The summed E-state index contributed by atoms with van der Waals surface area (Å²) in [6.07, 6.45) is 2.29. The summed E-state index contributed by atoms with van der Waals surface area (Å²) in [5.74, 6) is 2.04. The summed E-state index contributed by atoms with van der Waals surface area (Å²) in [6, 6.07) is 12.5. The minimum Gasteiger partial charge on any atom is -0.497 e. The zero-order valence-electron chi connectivity index (χ0n) is 20.4. The number of nitriles is 1. The van der Waals surface area contributed by atoms with E-state index in [1.165, 1.54) is 6.07 Å². The number of imidazole rings is 1. The Labute approximate surface area is 203 Å². The van der Waals surface area contributed by atoms with Gasteiger partial charge in [0.05, 0.1) is 43.4 Å². The van der Waals surface area contributed by atoms with Crippen LogP contribution < -0.4 is 19.7 Å². The Morgan fingerprint density at radius 3 is 2.63 bits per heavy atom. The van der Waals surface area contributed by atoms with E-state index in [1.54, 1.807) is 38.6 Å². The molecule has 0 saturated carbocycles. The third-order valence-electron chi connectivity index (χ3n) is 5.97. The van der Waals surface area contributed by atoms with Gasteiger partial charge in [-0.15, -0.1) is 0 Å². The van der Waals surface area contributed by atoms with Crippen molar-refractivity contribution in [3.63, 3.8) is 0 Å². The summed E-state index contributed by atoms with van der Waals surface area (Å²) < 4.78 is 27.8. The smallest absolute Gasteiger partial charge is 0.156 e. The minimum absolute atomic E-state index is 0.294. The fraction of sp³-hybridized carbons (Fsp3) is 0.269. The van der Waals surface area contributed by atoms with Crippen molar-refractivity contribution in [3.8, 4) is 17.6 Å². The maximum atomic E-state index is 15.1. The first-order valence-corrected chi connectivity index (χ1v) is 11.1. The maximum Gasteiger partial charge on any atom is 0.156 e. The lowest BCUT2D eigenvalue weighted by Gasteiger charge is -2.23. The number of aryl methyl sites for hydroxylation is 2. The molecule has 0 aliphatic rings. The number of anilines is 3. The van der Waals surface area contributed by atoms with Crippen molar-refractivity contribution in [2.75, 3.05) is 31.5 Å². The minimum atomic E-state index is -0.465. The number of nitrogens with zero attached hydrogens (tertiary/aromatic N) is 5. The van der Waals surface area contributed by atoms with Crippen LogP contribution in [0.3, 0.4) is 0 Å². The van der Waals surface area contributed by atoms with Gasteiger partial charge in [-0.1, -0.05) is 6.92 Å². The standard InChI is InChI=1S/C26H27FN6O2/c1-6-17-9-16(13-28)10-20(27)25(17)33(3)23-12-21-24(30-15-32(21)2)26(31-23)29-14-18-7-8-19(34-4)11-22(18)35-5/h7-12,15H,6,14H2,1-5H3,(H,29,31). The van der Waals surface area contributed by atoms with Gasteiger partial charge in [-0.05, 0) is 36.2 Å². The van der Waals surface area contributed by atoms with Crippen LogP contribution in [0.1, 0.15) is 23.6 Å². The summed E-state index contributed by atoms with van der Waals surface area (Å²) in [5.41, 5.74) is 3.88. The van der Waals surface area contributed by atoms with E-state index in [9.17, 15) is 5.26 Å². The monoisotopic (exact) mass is 474 g/mol. The number of halogens is 1.